The van der Waals surface area contributed by atoms with Crippen LogP contribution in [-0.4, -0.2) is 28.7 Å². The molecule has 5 heteroatoms. The van der Waals surface area contributed by atoms with Crippen LogP contribution in [0.3, 0.4) is 0 Å². The van der Waals surface area contributed by atoms with Crippen molar-refractivity contribution in [2.24, 2.45) is 5.73 Å². The van der Waals surface area contributed by atoms with Crippen LogP contribution in [-0.2, 0) is 4.74 Å². The van der Waals surface area contributed by atoms with E-state index in [1.54, 1.807) is 0 Å². The van der Waals surface area contributed by atoms with Crippen molar-refractivity contribution in [1.82, 2.24) is 4.98 Å². The zero-order valence-corrected chi connectivity index (χ0v) is 12.6. The summed E-state index contributed by atoms with van der Waals surface area (Å²) in [6, 6.07) is 2.00. The number of hydrogen-bond acceptors (Lipinski definition) is 4. The lowest BCUT2D eigenvalue weighted by Gasteiger charge is -2.36. The molecule has 19 heavy (non-hydrogen) atoms. The molecule has 1 aliphatic rings. The van der Waals surface area contributed by atoms with Gasteiger partial charge < -0.3 is 15.8 Å². The number of pyridine rings is 1. The molecule has 1 atom stereocenters. The van der Waals surface area contributed by atoms with E-state index < -0.39 is 0 Å². The van der Waals surface area contributed by atoms with E-state index in [0.717, 1.165) is 42.1 Å². The molecular formula is C14H21N3OS. The molecule has 0 amide bonds. The van der Waals surface area contributed by atoms with E-state index in [0.29, 0.717) is 11.6 Å². The Morgan fingerprint density at radius 1 is 1.53 bits per heavy atom. The van der Waals surface area contributed by atoms with Crippen LogP contribution in [0, 0.1) is 13.8 Å². The van der Waals surface area contributed by atoms with Crippen LogP contribution < -0.4 is 11.1 Å². The van der Waals surface area contributed by atoms with Gasteiger partial charge in [-0.3, -0.25) is 4.98 Å². The minimum Gasteiger partial charge on any atom is -0.389 e. The predicted octanol–water partition coefficient (Wildman–Crippen LogP) is 2.31. The summed E-state index contributed by atoms with van der Waals surface area (Å²) in [5, 5.41) is 3.56. The van der Waals surface area contributed by atoms with E-state index in [2.05, 4.69) is 17.2 Å². The smallest absolute Gasteiger partial charge is 0.107 e. The molecule has 1 saturated heterocycles. The van der Waals surface area contributed by atoms with E-state index >= 15 is 0 Å². The van der Waals surface area contributed by atoms with Gasteiger partial charge in [-0.05, 0) is 39.7 Å². The standard InChI is InChI=1S/C14H21N3OS/c1-9-7-11(12(13(15)19)10(2)16-9)17-14(3)5-4-6-18-8-14/h7H,4-6,8H2,1-3H3,(H2,15,19)(H,16,17). The van der Waals surface area contributed by atoms with Crippen LogP contribution in [0.1, 0.15) is 36.7 Å². The van der Waals surface area contributed by atoms with Gasteiger partial charge in [-0.15, -0.1) is 0 Å². The third-order valence-corrected chi connectivity index (χ3v) is 3.65. The van der Waals surface area contributed by atoms with Gasteiger partial charge in [0.15, 0.2) is 0 Å². The molecule has 0 aliphatic carbocycles. The first-order chi connectivity index (χ1) is 8.91. The van der Waals surface area contributed by atoms with Crippen molar-refractivity contribution in [1.29, 1.82) is 0 Å². The van der Waals surface area contributed by atoms with Gasteiger partial charge in [0.25, 0.3) is 0 Å². The maximum Gasteiger partial charge on any atom is 0.107 e. The summed E-state index contributed by atoms with van der Waals surface area (Å²) in [4.78, 5) is 4.81. The van der Waals surface area contributed by atoms with Gasteiger partial charge in [0, 0.05) is 23.7 Å². The molecule has 0 saturated carbocycles. The third kappa shape index (κ3) is 3.22. The number of anilines is 1. The van der Waals surface area contributed by atoms with E-state index in [-0.39, 0.29) is 5.54 Å². The second kappa shape index (κ2) is 5.43. The number of nitrogens with zero attached hydrogens (tertiary/aromatic N) is 1. The topological polar surface area (TPSA) is 60.2 Å². The van der Waals surface area contributed by atoms with E-state index in [9.17, 15) is 0 Å². The second-order valence-corrected chi connectivity index (χ2v) is 5.92. The Hall–Kier alpha value is -1.20. The number of rotatable bonds is 3. The molecule has 0 aromatic carbocycles. The minimum absolute atomic E-state index is 0.0714. The summed E-state index contributed by atoms with van der Waals surface area (Å²) in [7, 11) is 0. The van der Waals surface area contributed by atoms with Gasteiger partial charge in [-0.2, -0.15) is 0 Å². The van der Waals surface area contributed by atoms with Crippen molar-refractivity contribution >= 4 is 22.9 Å². The summed E-state index contributed by atoms with van der Waals surface area (Å²) in [5.41, 5.74) is 9.40. The van der Waals surface area contributed by atoms with Crippen molar-refractivity contribution in [3.8, 4) is 0 Å². The summed E-state index contributed by atoms with van der Waals surface area (Å²) >= 11 is 5.15. The monoisotopic (exact) mass is 279 g/mol. The summed E-state index contributed by atoms with van der Waals surface area (Å²) in [6.07, 6.45) is 2.14. The van der Waals surface area contributed by atoms with Gasteiger partial charge in [0.05, 0.1) is 17.7 Å². The van der Waals surface area contributed by atoms with Crippen LogP contribution in [0.5, 0.6) is 0 Å². The van der Waals surface area contributed by atoms with E-state index in [1.807, 2.05) is 19.9 Å². The fourth-order valence-corrected chi connectivity index (χ4v) is 2.85. The number of thiocarbonyl (C=S) groups is 1. The van der Waals surface area contributed by atoms with Gasteiger partial charge in [-0.1, -0.05) is 12.2 Å². The molecule has 1 aromatic rings. The maximum atomic E-state index is 5.83. The Morgan fingerprint density at radius 3 is 2.84 bits per heavy atom. The molecule has 1 fully saturated rings. The quantitative estimate of drug-likeness (QED) is 0.832. The Balaban J connectivity index is 2.35. The predicted molar refractivity (Wildman–Crippen MR) is 81.7 cm³/mol. The SMILES string of the molecule is Cc1cc(NC2(C)CCCOC2)c(C(N)=S)c(C)n1. The number of hydrogen-bond donors (Lipinski definition) is 2. The zero-order valence-electron chi connectivity index (χ0n) is 11.7. The second-order valence-electron chi connectivity index (χ2n) is 5.48. The molecule has 0 radical (unpaired) electrons. The largest absolute Gasteiger partial charge is 0.389 e. The molecule has 4 nitrogen and oxygen atoms in total. The maximum absolute atomic E-state index is 5.83. The van der Waals surface area contributed by atoms with Crippen molar-refractivity contribution < 1.29 is 4.74 Å². The molecular weight excluding hydrogens is 258 g/mol. The fraction of sp³-hybridized carbons (Fsp3) is 0.571. The average Bonchev–Trinajstić information content (AvgIpc) is 2.27. The van der Waals surface area contributed by atoms with Gasteiger partial charge in [-0.25, -0.2) is 0 Å². The highest BCUT2D eigenvalue weighted by Crippen LogP contribution is 2.28. The van der Waals surface area contributed by atoms with Gasteiger partial charge in [0.2, 0.25) is 0 Å². The highest BCUT2D eigenvalue weighted by atomic mass is 32.1. The zero-order chi connectivity index (χ0) is 14.0. The number of ether oxygens (including phenoxy) is 1. The number of aryl methyl sites for hydroxylation is 2. The van der Waals surface area contributed by atoms with Crippen LogP contribution in [0.15, 0.2) is 6.07 Å². The molecule has 1 aliphatic heterocycles. The van der Waals surface area contributed by atoms with Crippen molar-refractivity contribution in [2.45, 2.75) is 39.2 Å². The summed E-state index contributed by atoms with van der Waals surface area (Å²) in [5.74, 6) is 0. The fourth-order valence-electron chi connectivity index (χ4n) is 2.60. The van der Waals surface area contributed by atoms with E-state index in [4.69, 9.17) is 22.7 Å². The Morgan fingerprint density at radius 2 is 2.26 bits per heavy atom. The third-order valence-electron chi connectivity index (χ3n) is 3.45. The van der Waals surface area contributed by atoms with Crippen LogP contribution in [0.2, 0.25) is 0 Å². The lowest BCUT2D eigenvalue weighted by Crippen LogP contribution is -2.43. The van der Waals surface area contributed by atoms with Crippen molar-refractivity contribution in [2.75, 3.05) is 18.5 Å². The van der Waals surface area contributed by atoms with Crippen LogP contribution in [0.4, 0.5) is 5.69 Å². The highest BCUT2D eigenvalue weighted by Gasteiger charge is 2.28. The Labute approximate surface area is 119 Å². The molecule has 2 heterocycles. The number of aromatic nitrogens is 1. The Bertz CT molecular complexity index is 496. The lowest BCUT2D eigenvalue weighted by molar-refractivity contribution is 0.0540. The first-order valence-corrected chi connectivity index (χ1v) is 6.96. The van der Waals surface area contributed by atoms with Crippen LogP contribution in [0.25, 0.3) is 0 Å². The highest BCUT2D eigenvalue weighted by molar-refractivity contribution is 7.80. The number of nitrogens with two attached hydrogens (primary N) is 1. The molecule has 0 bridgehead atoms. The normalized spacial score (nSPS) is 23.1. The molecule has 3 N–H and O–H groups in total. The molecule has 2 rings (SSSR count). The molecule has 1 unspecified atom stereocenters. The number of nitrogens with one attached hydrogen (secondary N) is 1. The average molecular weight is 279 g/mol. The molecule has 104 valence electrons. The lowest BCUT2D eigenvalue weighted by atomic mass is 9.94. The van der Waals surface area contributed by atoms with Crippen LogP contribution >= 0.6 is 12.2 Å². The molecule has 1 aromatic heterocycles. The Kier molecular flexibility index (Phi) is 4.06. The summed E-state index contributed by atoms with van der Waals surface area (Å²) < 4.78 is 5.58. The van der Waals surface area contributed by atoms with Gasteiger partial charge in [0.1, 0.15) is 4.99 Å². The summed E-state index contributed by atoms with van der Waals surface area (Å²) in [6.45, 7) is 7.62. The van der Waals surface area contributed by atoms with Gasteiger partial charge >= 0.3 is 0 Å². The van der Waals surface area contributed by atoms with Crippen molar-refractivity contribution in [3.63, 3.8) is 0 Å². The van der Waals surface area contributed by atoms with E-state index in [1.165, 1.54) is 0 Å². The minimum atomic E-state index is -0.0714. The molecule has 0 spiro atoms. The first kappa shape index (κ1) is 14.2. The van der Waals surface area contributed by atoms with Crippen molar-refractivity contribution in [3.05, 3.63) is 23.0 Å². The first-order valence-electron chi connectivity index (χ1n) is 6.55.